The predicted octanol–water partition coefficient (Wildman–Crippen LogP) is 2.28. The van der Waals surface area contributed by atoms with Crippen molar-refractivity contribution >= 4 is 0 Å². The van der Waals surface area contributed by atoms with Gasteiger partial charge in [-0.1, -0.05) is 30.3 Å². The van der Waals surface area contributed by atoms with Crippen LogP contribution in [0.4, 0.5) is 0 Å². The van der Waals surface area contributed by atoms with Gasteiger partial charge in [-0.15, -0.1) is 0 Å². The third-order valence-corrected chi connectivity index (χ3v) is 2.28. The minimum absolute atomic E-state index is 0.209. The number of rotatable bonds is 6. The SMILES string of the molecule is COC[C@@H](CCc1ccccc1)OC. The first-order valence-electron chi connectivity index (χ1n) is 4.92. The average molecular weight is 194 g/mol. The molecule has 2 nitrogen and oxygen atoms in total. The lowest BCUT2D eigenvalue weighted by Gasteiger charge is -2.13. The first kappa shape index (κ1) is 11.2. The highest BCUT2D eigenvalue weighted by Crippen LogP contribution is 2.06. The van der Waals surface area contributed by atoms with Crippen LogP contribution in [-0.4, -0.2) is 26.9 Å². The maximum Gasteiger partial charge on any atom is 0.0807 e. The van der Waals surface area contributed by atoms with Gasteiger partial charge in [0.1, 0.15) is 0 Å². The van der Waals surface area contributed by atoms with Crippen LogP contribution in [0.15, 0.2) is 30.3 Å². The van der Waals surface area contributed by atoms with Gasteiger partial charge in [-0.3, -0.25) is 0 Å². The summed E-state index contributed by atoms with van der Waals surface area (Å²) in [5, 5.41) is 0. The molecule has 0 heterocycles. The van der Waals surface area contributed by atoms with E-state index in [1.165, 1.54) is 5.56 Å². The third kappa shape index (κ3) is 3.90. The van der Waals surface area contributed by atoms with E-state index in [0.717, 1.165) is 12.8 Å². The molecule has 0 aliphatic heterocycles. The second-order valence-corrected chi connectivity index (χ2v) is 3.34. The van der Waals surface area contributed by atoms with Gasteiger partial charge in [0.25, 0.3) is 0 Å². The lowest BCUT2D eigenvalue weighted by molar-refractivity contribution is 0.0238. The van der Waals surface area contributed by atoms with Crippen molar-refractivity contribution in [3.8, 4) is 0 Å². The second kappa shape index (κ2) is 6.57. The zero-order valence-corrected chi connectivity index (χ0v) is 8.90. The summed E-state index contributed by atoms with van der Waals surface area (Å²) in [7, 11) is 3.43. The van der Waals surface area contributed by atoms with Crippen LogP contribution in [0, 0.1) is 0 Å². The zero-order chi connectivity index (χ0) is 10.2. The van der Waals surface area contributed by atoms with Gasteiger partial charge in [0.15, 0.2) is 0 Å². The fourth-order valence-corrected chi connectivity index (χ4v) is 1.43. The monoisotopic (exact) mass is 194 g/mol. The van der Waals surface area contributed by atoms with Gasteiger partial charge in [-0.2, -0.15) is 0 Å². The topological polar surface area (TPSA) is 18.5 Å². The lowest BCUT2D eigenvalue weighted by atomic mass is 10.1. The Morgan fingerprint density at radius 1 is 1.14 bits per heavy atom. The van der Waals surface area contributed by atoms with Crippen molar-refractivity contribution in [1.29, 1.82) is 0 Å². The molecule has 1 aromatic carbocycles. The van der Waals surface area contributed by atoms with Crippen molar-refractivity contribution in [2.75, 3.05) is 20.8 Å². The molecule has 1 atom stereocenters. The van der Waals surface area contributed by atoms with Crippen LogP contribution in [0.25, 0.3) is 0 Å². The Morgan fingerprint density at radius 3 is 2.43 bits per heavy atom. The van der Waals surface area contributed by atoms with Crippen LogP contribution >= 0.6 is 0 Å². The summed E-state index contributed by atoms with van der Waals surface area (Å²) < 4.78 is 10.3. The summed E-state index contributed by atoms with van der Waals surface area (Å²) in [6.45, 7) is 0.670. The standard InChI is InChI=1S/C12H18O2/c1-13-10-12(14-2)9-8-11-6-4-3-5-7-11/h3-7,12H,8-10H2,1-2H3/t12-/m1/s1. The summed E-state index contributed by atoms with van der Waals surface area (Å²) in [5.41, 5.74) is 1.35. The van der Waals surface area contributed by atoms with Crippen LogP contribution in [0.3, 0.4) is 0 Å². The van der Waals surface area contributed by atoms with Crippen molar-refractivity contribution in [3.05, 3.63) is 35.9 Å². The molecule has 0 spiro atoms. The van der Waals surface area contributed by atoms with Gasteiger partial charge in [0, 0.05) is 14.2 Å². The molecule has 2 heteroatoms. The molecule has 0 N–H and O–H groups in total. The molecule has 0 amide bonds. The molecule has 0 aromatic heterocycles. The van der Waals surface area contributed by atoms with E-state index in [1.54, 1.807) is 14.2 Å². The van der Waals surface area contributed by atoms with E-state index in [4.69, 9.17) is 9.47 Å². The molecule has 0 saturated heterocycles. The third-order valence-electron chi connectivity index (χ3n) is 2.28. The van der Waals surface area contributed by atoms with E-state index in [0.29, 0.717) is 6.61 Å². The Bertz CT molecular complexity index is 233. The highest BCUT2D eigenvalue weighted by Gasteiger charge is 2.06. The zero-order valence-electron chi connectivity index (χ0n) is 8.90. The number of hydrogen-bond acceptors (Lipinski definition) is 2. The molecule has 1 rings (SSSR count). The smallest absolute Gasteiger partial charge is 0.0807 e. The summed E-state index contributed by atoms with van der Waals surface area (Å²) in [6.07, 6.45) is 2.26. The minimum atomic E-state index is 0.209. The highest BCUT2D eigenvalue weighted by atomic mass is 16.5. The molecule has 0 aliphatic rings. The summed E-state index contributed by atoms with van der Waals surface area (Å²) in [5.74, 6) is 0. The molecule has 0 saturated carbocycles. The van der Waals surface area contributed by atoms with Crippen LogP contribution < -0.4 is 0 Å². The molecule has 0 radical (unpaired) electrons. The summed E-state index contributed by atoms with van der Waals surface area (Å²) in [6, 6.07) is 10.4. The maximum absolute atomic E-state index is 5.29. The number of methoxy groups -OCH3 is 2. The Hall–Kier alpha value is -0.860. The van der Waals surface area contributed by atoms with E-state index in [1.807, 2.05) is 6.07 Å². The fourth-order valence-electron chi connectivity index (χ4n) is 1.43. The summed E-state index contributed by atoms with van der Waals surface area (Å²) >= 11 is 0. The Labute approximate surface area is 85.8 Å². The Morgan fingerprint density at radius 2 is 1.86 bits per heavy atom. The van der Waals surface area contributed by atoms with Crippen molar-refractivity contribution < 1.29 is 9.47 Å². The number of ether oxygens (including phenoxy) is 2. The normalized spacial score (nSPS) is 12.7. The molecule has 78 valence electrons. The minimum Gasteiger partial charge on any atom is -0.382 e. The molecule has 0 fully saturated rings. The number of benzene rings is 1. The van der Waals surface area contributed by atoms with Gasteiger partial charge in [-0.25, -0.2) is 0 Å². The van der Waals surface area contributed by atoms with Crippen molar-refractivity contribution in [2.45, 2.75) is 18.9 Å². The lowest BCUT2D eigenvalue weighted by Crippen LogP contribution is -2.17. The Kier molecular flexibility index (Phi) is 5.27. The van der Waals surface area contributed by atoms with Gasteiger partial charge in [-0.05, 0) is 18.4 Å². The maximum atomic E-state index is 5.29. The van der Waals surface area contributed by atoms with Crippen LogP contribution in [0.1, 0.15) is 12.0 Å². The Balaban J connectivity index is 2.32. The predicted molar refractivity (Wildman–Crippen MR) is 57.4 cm³/mol. The quantitative estimate of drug-likeness (QED) is 0.691. The average Bonchev–Trinajstić information content (AvgIpc) is 2.25. The van der Waals surface area contributed by atoms with E-state index in [9.17, 15) is 0 Å². The molecule has 1 aromatic rings. The highest BCUT2D eigenvalue weighted by molar-refractivity contribution is 5.14. The van der Waals surface area contributed by atoms with Crippen molar-refractivity contribution in [3.63, 3.8) is 0 Å². The second-order valence-electron chi connectivity index (χ2n) is 3.34. The molecular weight excluding hydrogens is 176 g/mol. The largest absolute Gasteiger partial charge is 0.382 e. The molecular formula is C12H18O2. The van der Waals surface area contributed by atoms with Gasteiger partial charge in [0.05, 0.1) is 12.7 Å². The molecule has 14 heavy (non-hydrogen) atoms. The van der Waals surface area contributed by atoms with Crippen LogP contribution in [-0.2, 0) is 15.9 Å². The van der Waals surface area contributed by atoms with Crippen molar-refractivity contribution in [2.24, 2.45) is 0 Å². The molecule has 0 bridgehead atoms. The van der Waals surface area contributed by atoms with E-state index in [-0.39, 0.29) is 6.10 Å². The first-order chi connectivity index (χ1) is 6.86. The number of aryl methyl sites for hydroxylation is 1. The van der Waals surface area contributed by atoms with E-state index >= 15 is 0 Å². The summed E-state index contributed by atoms with van der Waals surface area (Å²) in [4.78, 5) is 0. The van der Waals surface area contributed by atoms with Gasteiger partial charge >= 0.3 is 0 Å². The van der Waals surface area contributed by atoms with Gasteiger partial charge < -0.3 is 9.47 Å². The molecule has 0 aliphatic carbocycles. The van der Waals surface area contributed by atoms with E-state index < -0.39 is 0 Å². The van der Waals surface area contributed by atoms with E-state index in [2.05, 4.69) is 24.3 Å². The van der Waals surface area contributed by atoms with Crippen LogP contribution in [0.5, 0.6) is 0 Å². The first-order valence-corrected chi connectivity index (χ1v) is 4.92. The van der Waals surface area contributed by atoms with Crippen molar-refractivity contribution in [1.82, 2.24) is 0 Å². The fraction of sp³-hybridized carbons (Fsp3) is 0.500. The molecule has 0 unspecified atom stereocenters. The number of hydrogen-bond donors (Lipinski definition) is 0. The van der Waals surface area contributed by atoms with Gasteiger partial charge in [0.2, 0.25) is 0 Å². The van der Waals surface area contributed by atoms with Crippen LogP contribution in [0.2, 0.25) is 0 Å².